The van der Waals surface area contributed by atoms with Crippen molar-refractivity contribution in [3.63, 3.8) is 0 Å². The van der Waals surface area contributed by atoms with E-state index < -0.39 is 5.92 Å². The van der Waals surface area contributed by atoms with Crippen LogP contribution in [0.5, 0.6) is 5.75 Å². The maximum atomic E-state index is 14.1. The molecule has 5 aromatic rings. The molecular weight excluding hydrogens is 722 g/mol. The largest absolute Gasteiger partial charge is 0.483 e. The predicted molar refractivity (Wildman–Crippen MR) is 194 cm³/mol. The summed E-state index contributed by atoms with van der Waals surface area (Å²) in [5.74, 6) is -1.09. The van der Waals surface area contributed by atoms with Gasteiger partial charge in [-0.2, -0.15) is 0 Å². The molecule has 246 valence electrons. The minimum atomic E-state index is -0.414. The first-order chi connectivity index (χ1) is 23.8. The highest BCUT2D eigenvalue weighted by Gasteiger charge is 2.69. The number of H-pyrrole nitrogens is 1. The van der Waals surface area contributed by atoms with Gasteiger partial charge >= 0.3 is 4.87 Å². The third kappa shape index (κ3) is 4.92. The molecule has 49 heavy (non-hydrogen) atoms. The van der Waals surface area contributed by atoms with E-state index in [1.807, 2.05) is 91.9 Å². The number of aryl methyl sites for hydroxylation is 1. The third-order valence-electron chi connectivity index (χ3n) is 10.7. The van der Waals surface area contributed by atoms with Crippen molar-refractivity contribution in [1.29, 1.82) is 0 Å². The van der Waals surface area contributed by atoms with E-state index in [-0.39, 0.29) is 64.0 Å². The molecule has 8 nitrogen and oxygen atoms in total. The van der Waals surface area contributed by atoms with Gasteiger partial charge in [-0.05, 0) is 72.9 Å². The van der Waals surface area contributed by atoms with Crippen molar-refractivity contribution in [2.75, 3.05) is 16.8 Å². The van der Waals surface area contributed by atoms with Crippen LogP contribution in [-0.4, -0.2) is 34.6 Å². The van der Waals surface area contributed by atoms with Crippen LogP contribution in [0.25, 0.3) is 10.8 Å². The number of imide groups is 1. The van der Waals surface area contributed by atoms with E-state index >= 15 is 0 Å². The van der Waals surface area contributed by atoms with Crippen LogP contribution in [0.3, 0.4) is 0 Å². The summed E-state index contributed by atoms with van der Waals surface area (Å²) in [4.78, 5) is 59.5. The molecule has 3 heterocycles. The van der Waals surface area contributed by atoms with Crippen molar-refractivity contribution >= 4 is 78.9 Å². The number of carbonyl (C=O) groups excluding carboxylic acids is 3. The molecule has 0 spiro atoms. The SMILES string of the molecule is Cc1ccc(N2C(=O)C3C(C2=O)[C@@H]2C[C@H]3C3Sc4[nH]c(=O)sc4[C@H](c4cc(Br)ccc4OCC(=O)Nc4cccc5ccccc45)C32)cc1. The van der Waals surface area contributed by atoms with Crippen molar-refractivity contribution in [3.05, 3.63) is 115 Å². The molecule has 9 rings (SSSR count). The van der Waals surface area contributed by atoms with E-state index in [1.54, 1.807) is 11.8 Å². The normalized spacial score (nSPS) is 26.5. The Labute approximate surface area is 298 Å². The van der Waals surface area contributed by atoms with Gasteiger partial charge in [-0.25, -0.2) is 0 Å². The highest BCUT2D eigenvalue weighted by molar-refractivity contribution is 9.10. The van der Waals surface area contributed by atoms with Crippen molar-refractivity contribution in [3.8, 4) is 5.75 Å². The summed E-state index contributed by atoms with van der Waals surface area (Å²) in [5.41, 5.74) is 3.25. The molecule has 2 aliphatic carbocycles. The molecular formula is C38H30BrN3O5S2. The maximum absolute atomic E-state index is 14.1. The highest BCUT2D eigenvalue weighted by Crippen LogP contribution is 2.69. The number of hydrogen-bond acceptors (Lipinski definition) is 7. The molecule has 11 heteroatoms. The molecule has 7 atom stereocenters. The Morgan fingerprint density at radius 2 is 1.71 bits per heavy atom. The minimum Gasteiger partial charge on any atom is -0.483 e. The van der Waals surface area contributed by atoms with Crippen LogP contribution >= 0.6 is 39.0 Å². The monoisotopic (exact) mass is 751 g/mol. The molecule has 3 fully saturated rings. The van der Waals surface area contributed by atoms with Crippen LogP contribution in [-0.2, 0) is 14.4 Å². The van der Waals surface area contributed by atoms with Gasteiger partial charge in [0.1, 0.15) is 5.75 Å². The molecule has 4 aliphatic rings. The molecule has 2 N–H and O–H groups in total. The molecule has 2 aliphatic heterocycles. The Kier molecular flexibility index (Phi) is 7.37. The van der Waals surface area contributed by atoms with E-state index in [0.29, 0.717) is 17.1 Å². The molecule has 4 unspecified atom stereocenters. The number of benzene rings is 4. The van der Waals surface area contributed by atoms with Gasteiger partial charge in [-0.1, -0.05) is 81.4 Å². The summed E-state index contributed by atoms with van der Waals surface area (Å²) in [6.07, 6.45) is 0.782. The first-order valence-electron chi connectivity index (χ1n) is 16.3. The average Bonchev–Trinajstić information content (AvgIpc) is 3.83. The quantitative estimate of drug-likeness (QED) is 0.176. The predicted octanol–water partition coefficient (Wildman–Crippen LogP) is 7.36. The zero-order valence-corrected chi connectivity index (χ0v) is 29.4. The number of ether oxygens (including phenoxy) is 1. The molecule has 1 saturated heterocycles. The minimum absolute atomic E-state index is 0.000977. The van der Waals surface area contributed by atoms with E-state index in [0.717, 1.165) is 42.7 Å². The van der Waals surface area contributed by atoms with Crippen LogP contribution in [0.4, 0.5) is 11.4 Å². The maximum Gasteiger partial charge on any atom is 0.305 e. The zero-order chi connectivity index (χ0) is 33.6. The second-order valence-electron chi connectivity index (χ2n) is 13.4. The second kappa shape index (κ2) is 11.7. The van der Waals surface area contributed by atoms with Gasteiger partial charge in [-0.3, -0.25) is 24.1 Å². The number of rotatable bonds is 6. The number of hydrogen-bond donors (Lipinski definition) is 2. The average molecular weight is 753 g/mol. The molecule has 2 bridgehead atoms. The smallest absolute Gasteiger partial charge is 0.305 e. The van der Waals surface area contributed by atoms with E-state index in [1.165, 1.54) is 16.2 Å². The Hall–Kier alpha value is -4.19. The summed E-state index contributed by atoms with van der Waals surface area (Å²) in [6.45, 7) is 1.77. The second-order valence-corrected chi connectivity index (χ2v) is 16.5. The summed E-state index contributed by atoms with van der Waals surface area (Å²) >= 11 is 6.50. The Bertz CT molecular complexity index is 2240. The highest BCUT2D eigenvalue weighted by atomic mass is 79.9. The summed E-state index contributed by atoms with van der Waals surface area (Å²) in [5, 5.41) is 5.82. The van der Waals surface area contributed by atoms with Crippen molar-refractivity contribution < 1.29 is 19.1 Å². The lowest BCUT2D eigenvalue weighted by Gasteiger charge is -2.43. The zero-order valence-electron chi connectivity index (χ0n) is 26.2. The topological polar surface area (TPSA) is 109 Å². The molecule has 3 amide bonds. The van der Waals surface area contributed by atoms with Gasteiger partial charge in [0.05, 0.1) is 22.5 Å². The van der Waals surface area contributed by atoms with Crippen molar-refractivity contribution in [2.45, 2.75) is 29.5 Å². The summed E-state index contributed by atoms with van der Waals surface area (Å²) in [6, 6.07) is 27.0. The van der Waals surface area contributed by atoms with E-state index in [4.69, 9.17) is 4.74 Å². The van der Waals surface area contributed by atoms with Gasteiger partial charge in [0.15, 0.2) is 6.61 Å². The fourth-order valence-corrected chi connectivity index (χ4v) is 12.1. The fourth-order valence-electron chi connectivity index (χ4n) is 8.87. The third-order valence-corrected chi connectivity index (χ3v) is 13.8. The van der Waals surface area contributed by atoms with Crippen molar-refractivity contribution in [2.24, 2.45) is 29.6 Å². The number of thiazole rings is 1. The number of halogens is 1. The number of amides is 3. The first-order valence-corrected chi connectivity index (χ1v) is 18.8. The molecule has 0 radical (unpaired) electrons. The standard InChI is InChI=1S/C38H30BrN3O5S2/c1-18-9-12-21(13-10-18)42-36(44)31-24-16-25(32(31)37(42)45)33-30(24)29(34-35(48-33)41-38(46)49-34)23-15-20(39)11-14-27(23)47-17-28(43)40-26-8-4-6-19-5-2-3-7-22(19)26/h2-15,24-25,29-33H,16-17H2,1H3,(H,40,43)(H,41,46)/t24-,25-,29-,30?,31?,32?,33?/m1/s1. The van der Waals surface area contributed by atoms with E-state index in [9.17, 15) is 19.2 Å². The molecule has 1 aromatic heterocycles. The number of anilines is 2. The number of fused-ring (bicyclic) bond motifs is 10. The Morgan fingerprint density at radius 1 is 0.959 bits per heavy atom. The lowest BCUT2D eigenvalue weighted by Crippen LogP contribution is -2.42. The number of nitrogens with zero attached hydrogens (tertiary/aromatic N) is 1. The number of carbonyl (C=O) groups is 3. The lowest BCUT2D eigenvalue weighted by molar-refractivity contribution is -0.123. The number of aromatic amines is 1. The summed E-state index contributed by atoms with van der Waals surface area (Å²) < 4.78 is 7.14. The van der Waals surface area contributed by atoms with Gasteiger partial charge in [0, 0.05) is 37.2 Å². The van der Waals surface area contributed by atoms with Crippen molar-refractivity contribution in [1.82, 2.24) is 4.98 Å². The van der Waals surface area contributed by atoms with E-state index in [2.05, 4.69) is 26.2 Å². The molecule has 2 saturated carbocycles. The van der Waals surface area contributed by atoms with Crippen LogP contribution in [0.2, 0.25) is 0 Å². The van der Waals surface area contributed by atoms with Gasteiger partial charge in [-0.15, -0.1) is 11.8 Å². The van der Waals surface area contributed by atoms with Crippen LogP contribution in [0, 0.1) is 36.5 Å². The first kappa shape index (κ1) is 30.8. The molecule has 4 aromatic carbocycles. The summed E-state index contributed by atoms with van der Waals surface area (Å²) in [7, 11) is 0. The van der Waals surface area contributed by atoms with Crippen LogP contribution in [0.15, 0.2) is 99.2 Å². The number of nitrogens with one attached hydrogen (secondary N) is 2. The number of thioether (sulfide) groups is 1. The number of aromatic nitrogens is 1. The van der Waals surface area contributed by atoms with Gasteiger partial charge < -0.3 is 15.0 Å². The lowest BCUT2D eigenvalue weighted by atomic mass is 9.68. The Morgan fingerprint density at radius 3 is 2.53 bits per heavy atom. The van der Waals surface area contributed by atoms with Crippen LogP contribution < -0.4 is 19.8 Å². The van der Waals surface area contributed by atoms with Crippen LogP contribution in [0.1, 0.15) is 28.3 Å². The van der Waals surface area contributed by atoms with Gasteiger partial charge in [0.2, 0.25) is 11.8 Å². The fraction of sp³-hybridized carbons (Fsp3) is 0.263. The van der Waals surface area contributed by atoms with Gasteiger partial charge in [0.25, 0.3) is 5.91 Å². The Balaban J connectivity index is 1.05.